The van der Waals surface area contributed by atoms with Gasteiger partial charge in [0.1, 0.15) is 5.75 Å². The maximum atomic E-state index is 5.55. The van der Waals surface area contributed by atoms with E-state index in [4.69, 9.17) is 9.84 Å². The summed E-state index contributed by atoms with van der Waals surface area (Å²) in [6.07, 6.45) is 0.906. The Morgan fingerprint density at radius 1 is 1.04 bits per heavy atom. The van der Waals surface area contributed by atoms with E-state index in [2.05, 4.69) is 58.9 Å². The Bertz CT molecular complexity index is 841. The zero-order valence-corrected chi connectivity index (χ0v) is 14.9. The first-order chi connectivity index (χ1) is 12.3. The number of anilines is 1. The second-order valence-corrected chi connectivity index (χ2v) is 6.90. The second kappa shape index (κ2) is 7.11. The molecule has 25 heavy (non-hydrogen) atoms. The molecule has 0 spiro atoms. The standard InChI is InChI=1S/C21H20N2OS/c1-2-24-18-12-10-16(11-13-18)19-15-20(21-9-6-14-25-21)23(22-19)17-7-4-3-5-8-17/h3-14,20H,2,15H2,1H3/t20-/m1/s1. The molecule has 0 fully saturated rings. The Kier molecular flexibility index (Phi) is 4.53. The molecular formula is C21H20N2OS. The van der Waals surface area contributed by atoms with Crippen LogP contribution in [0.4, 0.5) is 5.69 Å². The van der Waals surface area contributed by atoms with Crippen molar-refractivity contribution in [3.63, 3.8) is 0 Å². The van der Waals surface area contributed by atoms with E-state index in [9.17, 15) is 0 Å². The highest BCUT2D eigenvalue weighted by Crippen LogP contribution is 2.38. The topological polar surface area (TPSA) is 24.8 Å². The van der Waals surface area contributed by atoms with Gasteiger partial charge in [-0.1, -0.05) is 24.3 Å². The predicted octanol–water partition coefficient (Wildman–Crippen LogP) is 5.50. The molecule has 1 aliphatic rings. The van der Waals surface area contributed by atoms with Gasteiger partial charge in [-0.15, -0.1) is 11.3 Å². The zero-order valence-electron chi connectivity index (χ0n) is 14.1. The Morgan fingerprint density at radius 3 is 2.52 bits per heavy atom. The lowest BCUT2D eigenvalue weighted by Gasteiger charge is -2.22. The Balaban J connectivity index is 1.67. The molecule has 1 atom stereocenters. The van der Waals surface area contributed by atoms with E-state index in [0.717, 1.165) is 29.1 Å². The molecule has 0 amide bonds. The highest BCUT2D eigenvalue weighted by Gasteiger charge is 2.30. The first-order valence-corrected chi connectivity index (χ1v) is 9.41. The third kappa shape index (κ3) is 3.30. The second-order valence-electron chi connectivity index (χ2n) is 5.92. The van der Waals surface area contributed by atoms with Crippen molar-refractivity contribution in [2.45, 2.75) is 19.4 Å². The minimum absolute atomic E-state index is 0.254. The van der Waals surface area contributed by atoms with E-state index in [-0.39, 0.29) is 6.04 Å². The van der Waals surface area contributed by atoms with Crippen LogP contribution in [0.15, 0.2) is 77.2 Å². The first kappa shape index (κ1) is 15.9. The first-order valence-electron chi connectivity index (χ1n) is 8.53. The molecule has 3 aromatic rings. The summed E-state index contributed by atoms with van der Waals surface area (Å²) in [5.41, 5.74) is 3.40. The van der Waals surface area contributed by atoms with Gasteiger partial charge in [-0.05, 0) is 60.3 Å². The SMILES string of the molecule is CCOc1ccc(C2=NN(c3ccccc3)[C@@H](c3cccs3)C2)cc1. The summed E-state index contributed by atoms with van der Waals surface area (Å²) >= 11 is 1.79. The third-order valence-corrected chi connectivity index (χ3v) is 5.27. The van der Waals surface area contributed by atoms with Crippen LogP contribution >= 0.6 is 11.3 Å². The largest absolute Gasteiger partial charge is 0.494 e. The van der Waals surface area contributed by atoms with Crippen LogP contribution in [0.5, 0.6) is 5.75 Å². The quantitative estimate of drug-likeness (QED) is 0.608. The van der Waals surface area contributed by atoms with Crippen LogP contribution in [0.2, 0.25) is 0 Å². The molecule has 1 aliphatic heterocycles. The van der Waals surface area contributed by atoms with Crippen LogP contribution in [0, 0.1) is 0 Å². The van der Waals surface area contributed by atoms with E-state index in [1.54, 1.807) is 11.3 Å². The van der Waals surface area contributed by atoms with Gasteiger partial charge in [0.25, 0.3) is 0 Å². The summed E-state index contributed by atoms with van der Waals surface area (Å²) in [4.78, 5) is 1.34. The molecule has 1 aromatic heterocycles. The molecule has 3 nitrogen and oxygen atoms in total. The number of para-hydroxylation sites is 1. The predicted molar refractivity (Wildman–Crippen MR) is 105 cm³/mol. The highest BCUT2D eigenvalue weighted by atomic mass is 32.1. The summed E-state index contributed by atoms with van der Waals surface area (Å²) in [5, 5.41) is 9.24. The van der Waals surface area contributed by atoms with Crippen molar-refractivity contribution in [1.29, 1.82) is 0 Å². The maximum absolute atomic E-state index is 5.55. The molecule has 0 bridgehead atoms. The Morgan fingerprint density at radius 2 is 1.84 bits per heavy atom. The molecule has 0 aliphatic carbocycles. The molecule has 0 unspecified atom stereocenters. The molecule has 0 radical (unpaired) electrons. The van der Waals surface area contributed by atoms with Gasteiger partial charge in [0.15, 0.2) is 0 Å². The number of nitrogens with zero attached hydrogens (tertiary/aromatic N) is 2. The van der Waals surface area contributed by atoms with Crippen LogP contribution in [0.3, 0.4) is 0 Å². The van der Waals surface area contributed by atoms with E-state index >= 15 is 0 Å². The van der Waals surface area contributed by atoms with Gasteiger partial charge < -0.3 is 4.74 Å². The van der Waals surface area contributed by atoms with Crippen molar-refractivity contribution in [3.8, 4) is 5.75 Å². The summed E-state index contributed by atoms with van der Waals surface area (Å²) < 4.78 is 5.55. The number of hydrogen-bond acceptors (Lipinski definition) is 4. The van der Waals surface area contributed by atoms with Gasteiger partial charge in [-0.25, -0.2) is 0 Å². The minimum Gasteiger partial charge on any atom is -0.494 e. The smallest absolute Gasteiger partial charge is 0.119 e. The van der Waals surface area contributed by atoms with Crippen LogP contribution in [0.1, 0.15) is 29.8 Å². The highest BCUT2D eigenvalue weighted by molar-refractivity contribution is 7.10. The molecule has 0 saturated heterocycles. The maximum Gasteiger partial charge on any atom is 0.119 e. The van der Waals surface area contributed by atoms with Crippen LogP contribution in [-0.4, -0.2) is 12.3 Å². The molecule has 2 aromatic carbocycles. The number of benzene rings is 2. The summed E-state index contributed by atoms with van der Waals surface area (Å²) in [6.45, 7) is 2.68. The molecule has 4 rings (SSSR count). The van der Waals surface area contributed by atoms with Gasteiger partial charge in [0.05, 0.1) is 24.0 Å². The number of rotatable bonds is 5. The monoisotopic (exact) mass is 348 g/mol. The Hall–Kier alpha value is -2.59. The summed E-state index contributed by atoms with van der Waals surface area (Å²) in [6, 6.07) is 23.2. The average Bonchev–Trinajstić information content (AvgIpc) is 3.33. The molecular weight excluding hydrogens is 328 g/mol. The molecule has 4 heteroatoms. The normalized spacial score (nSPS) is 16.8. The van der Waals surface area contributed by atoms with Crippen molar-refractivity contribution in [2.75, 3.05) is 11.6 Å². The molecule has 2 heterocycles. The molecule has 0 N–H and O–H groups in total. The molecule has 0 saturated carbocycles. The van der Waals surface area contributed by atoms with Crippen molar-refractivity contribution < 1.29 is 4.74 Å². The zero-order chi connectivity index (χ0) is 17.1. The van der Waals surface area contributed by atoms with Crippen molar-refractivity contribution in [1.82, 2.24) is 0 Å². The number of thiophene rings is 1. The van der Waals surface area contributed by atoms with Gasteiger partial charge in [-0.2, -0.15) is 5.10 Å². The Labute approximate surface area is 152 Å². The lowest BCUT2D eigenvalue weighted by atomic mass is 10.0. The van der Waals surface area contributed by atoms with E-state index < -0.39 is 0 Å². The summed E-state index contributed by atoms with van der Waals surface area (Å²) in [7, 11) is 0. The summed E-state index contributed by atoms with van der Waals surface area (Å²) in [5.74, 6) is 0.902. The average molecular weight is 348 g/mol. The van der Waals surface area contributed by atoms with Crippen LogP contribution in [-0.2, 0) is 0 Å². The van der Waals surface area contributed by atoms with E-state index in [0.29, 0.717) is 6.61 Å². The fourth-order valence-electron chi connectivity index (χ4n) is 3.12. The van der Waals surface area contributed by atoms with E-state index in [1.807, 2.05) is 25.1 Å². The van der Waals surface area contributed by atoms with Gasteiger partial charge in [-0.3, -0.25) is 5.01 Å². The lowest BCUT2D eigenvalue weighted by Crippen LogP contribution is -2.17. The fraction of sp³-hybridized carbons (Fsp3) is 0.190. The van der Waals surface area contributed by atoms with Crippen LogP contribution < -0.4 is 9.75 Å². The van der Waals surface area contributed by atoms with Gasteiger partial charge in [0.2, 0.25) is 0 Å². The number of ether oxygens (including phenoxy) is 1. The fourth-order valence-corrected chi connectivity index (χ4v) is 3.93. The number of hydrazone groups is 1. The van der Waals surface area contributed by atoms with Crippen molar-refractivity contribution in [3.05, 3.63) is 82.6 Å². The van der Waals surface area contributed by atoms with Crippen molar-refractivity contribution >= 4 is 22.7 Å². The third-order valence-electron chi connectivity index (χ3n) is 4.30. The lowest BCUT2D eigenvalue weighted by molar-refractivity contribution is 0.340. The number of hydrogen-bond donors (Lipinski definition) is 0. The minimum atomic E-state index is 0.254. The van der Waals surface area contributed by atoms with Crippen molar-refractivity contribution in [2.24, 2.45) is 5.10 Å². The van der Waals surface area contributed by atoms with E-state index in [1.165, 1.54) is 4.88 Å². The van der Waals surface area contributed by atoms with Crippen LogP contribution in [0.25, 0.3) is 0 Å². The molecule has 126 valence electrons. The van der Waals surface area contributed by atoms with Gasteiger partial charge in [0, 0.05) is 11.3 Å². The van der Waals surface area contributed by atoms with Gasteiger partial charge >= 0.3 is 0 Å².